The number of aromatic nitrogens is 2. The fourth-order valence-corrected chi connectivity index (χ4v) is 1.56. The van der Waals surface area contributed by atoms with Crippen LogP contribution in [0.2, 0.25) is 0 Å². The number of hydrogen-bond donors (Lipinski definition) is 2. The molecule has 0 radical (unpaired) electrons. The average molecular weight is 188 g/mol. The van der Waals surface area contributed by atoms with Crippen LogP contribution in [0.4, 0.5) is 11.5 Å². The van der Waals surface area contributed by atoms with E-state index in [1.165, 1.54) is 0 Å². The van der Waals surface area contributed by atoms with Gasteiger partial charge in [0.1, 0.15) is 11.6 Å². The lowest BCUT2D eigenvalue weighted by Gasteiger charge is -2.07. The first-order chi connectivity index (χ1) is 6.59. The Hall–Kier alpha value is -1.84. The summed E-state index contributed by atoms with van der Waals surface area (Å²) in [6.07, 6.45) is 0. The SMILES string of the molecule is Cc1nc(N)c2c(C)c(N)ccc2n1. The van der Waals surface area contributed by atoms with Crippen LogP contribution in [0.15, 0.2) is 12.1 Å². The van der Waals surface area contributed by atoms with Crippen LogP contribution in [-0.2, 0) is 0 Å². The summed E-state index contributed by atoms with van der Waals surface area (Å²) in [5.74, 6) is 1.18. The number of nitrogens with two attached hydrogens (primary N) is 2. The molecule has 0 unspecified atom stereocenters. The summed E-state index contributed by atoms with van der Waals surface area (Å²) < 4.78 is 0. The molecule has 2 rings (SSSR count). The molecule has 0 aliphatic rings. The zero-order valence-corrected chi connectivity index (χ0v) is 8.20. The van der Waals surface area contributed by atoms with Gasteiger partial charge in [0.2, 0.25) is 0 Å². The Morgan fingerprint density at radius 1 is 1.07 bits per heavy atom. The second-order valence-corrected chi connectivity index (χ2v) is 3.33. The van der Waals surface area contributed by atoms with Crippen LogP contribution < -0.4 is 11.5 Å². The van der Waals surface area contributed by atoms with Crippen LogP contribution in [-0.4, -0.2) is 9.97 Å². The number of rotatable bonds is 0. The fraction of sp³-hybridized carbons (Fsp3) is 0.200. The third-order valence-corrected chi connectivity index (χ3v) is 2.31. The van der Waals surface area contributed by atoms with Crippen molar-refractivity contribution < 1.29 is 0 Å². The van der Waals surface area contributed by atoms with Gasteiger partial charge in [-0.25, -0.2) is 9.97 Å². The number of benzene rings is 1. The van der Waals surface area contributed by atoms with Gasteiger partial charge >= 0.3 is 0 Å². The maximum atomic E-state index is 5.82. The molecule has 0 fully saturated rings. The smallest absolute Gasteiger partial charge is 0.135 e. The molecular formula is C10H12N4. The predicted molar refractivity (Wildman–Crippen MR) is 57.8 cm³/mol. The van der Waals surface area contributed by atoms with Crippen molar-refractivity contribution in [3.8, 4) is 0 Å². The highest BCUT2D eigenvalue weighted by molar-refractivity contribution is 5.94. The lowest BCUT2D eigenvalue weighted by Crippen LogP contribution is -2.00. The number of anilines is 2. The molecule has 0 amide bonds. The van der Waals surface area contributed by atoms with Crippen molar-refractivity contribution in [3.05, 3.63) is 23.5 Å². The lowest BCUT2D eigenvalue weighted by atomic mass is 10.1. The van der Waals surface area contributed by atoms with Crippen molar-refractivity contribution in [1.29, 1.82) is 0 Å². The van der Waals surface area contributed by atoms with Gasteiger partial charge in [0.25, 0.3) is 0 Å². The van der Waals surface area contributed by atoms with Gasteiger partial charge in [-0.2, -0.15) is 0 Å². The fourth-order valence-electron chi connectivity index (χ4n) is 1.56. The lowest BCUT2D eigenvalue weighted by molar-refractivity contribution is 1.10. The van der Waals surface area contributed by atoms with Crippen LogP contribution in [0.25, 0.3) is 10.9 Å². The minimum absolute atomic E-state index is 0.498. The molecule has 4 N–H and O–H groups in total. The molecule has 0 aliphatic carbocycles. The largest absolute Gasteiger partial charge is 0.398 e. The first-order valence-electron chi connectivity index (χ1n) is 4.38. The van der Waals surface area contributed by atoms with Crippen LogP contribution in [0.5, 0.6) is 0 Å². The number of nitrogens with zero attached hydrogens (tertiary/aromatic N) is 2. The van der Waals surface area contributed by atoms with Crippen molar-refractivity contribution in [2.24, 2.45) is 0 Å². The summed E-state index contributed by atoms with van der Waals surface area (Å²) in [6.45, 7) is 3.74. The molecule has 72 valence electrons. The minimum atomic E-state index is 0.498. The maximum absolute atomic E-state index is 5.82. The van der Waals surface area contributed by atoms with Gasteiger partial charge in [-0.3, -0.25) is 0 Å². The van der Waals surface area contributed by atoms with Crippen LogP contribution in [0.1, 0.15) is 11.4 Å². The molecule has 0 saturated carbocycles. The topological polar surface area (TPSA) is 77.8 Å². The van der Waals surface area contributed by atoms with Gasteiger partial charge in [-0.15, -0.1) is 0 Å². The first kappa shape index (κ1) is 8.74. The maximum Gasteiger partial charge on any atom is 0.135 e. The van der Waals surface area contributed by atoms with E-state index in [4.69, 9.17) is 11.5 Å². The molecule has 14 heavy (non-hydrogen) atoms. The summed E-state index contributed by atoms with van der Waals surface area (Å²) in [7, 11) is 0. The Kier molecular flexibility index (Phi) is 1.77. The summed E-state index contributed by atoms with van der Waals surface area (Å²) in [5.41, 5.74) is 14.1. The second kappa shape index (κ2) is 2.83. The molecule has 0 saturated heterocycles. The molecule has 4 heteroatoms. The summed E-state index contributed by atoms with van der Waals surface area (Å²) in [6, 6.07) is 3.70. The third kappa shape index (κ3) is 1.16. The highest BCUT2D eigenvalue weighted by Gasteiger charge is 2.07. The van der Waals surface area contributed by atoms with Crippen molar-refractivity contribution in [3.63, 3.8) is 0 Å². The normalized spacial score (nSPS) is 10.7. The van der Waals surface area contributed by atoms with Gasteiger partial charge in [0, 0.05) is 11.1 Å². The second-order valence-electron chi connectivity index (χ2n) is 3.33. The van der Waals surface area contributed by atoms with E-state index in [-0.39, 0.29) is 0 Å². The Balaban J connectivity index is 2.95. The predicted octanol–water partition coefficient (Wildman–Crippen LogP) is 1.41. The number of fused-ring (bicyclic) bond motifs is 1. The number of hydrogen-bond acceptors (Lipinski definition) is 4. The van der Waals surface area contributed by atoms with E-state index < -0.39 is 0 Å². The molecule has 0 bridgehead atoms. The zero-order valence-electron chi connectivity index (χ0n) is 8.20. The van der Waals surface area contributed by atoms with E-state index in [0.29, 0.717) is 11.6 Å². The van der Waals surface area contributed by atoms with E-state index in [9.17, 15) is 0 Å². The molecule has 0 aliphatic heterocycles. The third-order valence-electron chi connectivity index (χ3n) is 2.31. The van der Waals surface area contributed by atoms with Crippen LogP contribution >= 0.6 is 0 Å². The zero-order chi connectivity index (χ0) is 10.3. The number of nitrogen functional groups attached to an aromatic ring is 2. The van der Waals surface area contributed by atoms with Crippen molar-refractivity contribution in [2.75, 3.05) is 11.5 Å². The summed E-state index contributed by atoms with van der Waals surface area (Å²) in [5, 5.41) is 0.857. The van der Waals surface area contributed by atoms with Gasteiger partial charge in [0.15, 0.2) is 0 Å². The Morgan fingerprint density at radius 3 is 2.50 bits per heavy atom. The van der Waals surface area contributed by atoms with E-state index in [1.54, 1.807) is 0 Å². The van der Waals surface area contributed by atoms with Gasteiger partial charge in [-0.1, -0.05) is 0 Å². The van der Waals surface area contributed by atoms with E-state index in [0.717, 1.165) is 22.2 Å². The highest BCUT2D eigenvalue weighted by atomic mass is 14.9. The van der Waals surface area contributed by atoms with E-state index in [2.05, 4.69) is 9.97 Å². The molecule has 2 aromatic rings. The molecule has 0 atom stereocenters. The molecular weight excluding hydrogens is 176 g/mol. The monoisotopic (exact) mass is 188 g/mol. The molecule has 1 aromatic carbocycles. The van der Waals surface area contributed by atoms with Gasteiger partial charge in [0.05, 0.1) is 5.52 Å². The Bertz CT molecular complexity index is 505. The number of aryl methyl sites for hydroxylation is 2. The molecule has 0 spiro atoms. The summed E-state index contributed by atoms with van der Waals surface area (Å²) >= 11 is 0. The van der Waals surface area contributed by atoms with Gasteiger partial charge < -0.3 is 11.5 Å². The first-order valence-corrected chi connectivity index (χ1v) is 4.38. The Labute approximate surface area is 82.0 Å². The van der Waals surface area contributed by atoms with Crippen LogP contribution in [0.3, 0.4) is 0 Å². The van der Waals surface area contributed by atoms with Crippen LogP contribution in [0, 0.1) is 13.8 Å². The van der Waals surface area contributed by atoms with E-state index in [1.807, 2.05) is 26.0 Å². The summed E-state index contributed by atoms with van der Waals surface area (Å²) in [4.78, 5) is 8.41. The molecule has 1 aromatic heterocycles. The average Bonchev–Trinajstić information content (AvgIpc) is 2.10. The van der Waals surface area contributed by atoms with E-state index >= 15 is 0 Å². The molecule has 1 heterocycles. The highest BCUT2D eigenvalue weighted by Crippen LogP contribution is 2.25. The van der Waals surface area contributed by atoms with Crippen molar-refractivity contribution in [1.82, 2.24) is 9.97 Å². The van der Waals surface area contributed by atoms with Crippen molar-refractivity contribution in [2.45, 2.75) is 13.8 Å². The Morgan fingerprint density at radius 2 is 1.79 bits per heavy atom. The van der Waals surface area contributed by atoms with Gasteiger partial charge in [-0.05, 0) is 31.5 Å². The van der Waals surface area contributed by atoms with Crippen molar-refractivity contribution >= 4 is 22.4 Å². The standard InChI is InChI=1S/C10H12N4/c1-5-7(11)3-4-8-9(5)10(12)14-6(2)13-8/h3-4H,11H2,1-2H3,(H2,12,13,14). The molecule has 4 nitrogen and oxygen atoms in total. The minimum Gasteiger partial charge on any atom is -0.398 e. The quantitative estimate of drug-likeness (QED) is 0.613.